The summed E-state index contributed by atoms with van der Waals surface area (Å²) in [6.45, 7) is 4.09. The molecule has 4 heteroatoms. The van der Waals surface area contributed by atoms with Crippen LogP contribution in [0, 0.1) is 6.92 Å². The number of carbonyl (C=O) groups excluding carboxylic acids is 1. The highest BCUT2D eigenvalue weighted by molar-refractivity contribution is 6.33. The minimum absolute atomic E-state index is 0.0421. The van der Waals surface area contributed by atoms with Gasteiger partial charge in [-0.2, -0.15) is 0 Å². The molecular formula is C15H23ClN2O. The SMILES string of the molecule is CCCCCCCC(=O)Nc1cc(Cl)c(N)cc1C. The number of amides is 1. The van der Waals surface area contributed by atoms with Gasteiger partial charge in [0.1, 0.15) is 0 Å². The second kappa shape index (κ2) is 8.05. The summed E-state index contributed by atoms with van der Waals surface area (Å²) in [7, 11) is 0. The summed E-state index contributed by atoms with van der Waals surface area (Å²) < 4.78 is 0. The molecule has 0 aromatic heterocycles. The van der Waals surface area contributed by atoms with E-state index in [9.17, 15) is 4.79 Å². The third kappa shape index (κ3) is 5.52. The highest BCUT2D eigenvalue weighted by atomic mass is 35.5. The Balaban J connectivity index is 2.42. The van der Waals surface area contributed by atoms with Crippen LogP contribution in [0.3, 0.4) is 0 Å². The lowest BCUT2D eigenvalue weighted by atomic mass is 10.1. The van der Waals surface area contributed by atoms with E-state index in [4.69, 9.17) is 17.3 Å². The quantitative estimate of drug-likeness (QED) is 0.570. The number of aryl methyl sites for hydroxylation is 1. The number of benzene rings is 1. The lowest BCUT2D eigenvalue weighted by Gasteiger charge is -2.10. The van der Waals surface area contributed by atoms with Crippen molar-refractivity contribution in [2.75, 3.05) is 11.1 Å². The fourth-order valence-corrected chi connectivity index (χ4v) is 2.10. The summed E-state index contributed by atoms with van der Waals surface area (Å²) in [6, 6.07) is 3.49. The normalized spacial score (nSPS) is 10.5. The predicted octanol–water partition coefficient (Wildman–Crippen LogP) is 4.53. The van der Waals surface area contributed by atoms with Crippen molar-refractivity contribution >= 4 is 28.9 Å². The summed E-state index contributed by atoms with van der Waals surface area (Å²) in [5.41, 5.74) is 7.92. The lowest BCUT2D eigenvalue weighted by Crippen LogP contribution is -2.12. The van der Waals surface area contributed by atoms with Crippen LogP contribution < -0.4 is 11.1 Å². The number of hydrogen-bond acceptors (Lipinski definition) is 2. The van der Waals surface area contributed by atoms with Crippen molar-refractivity contribution in [3.8, 4) is 0 Å². The molecule has 106 valence electrons. The smallest absolute Gasteiger partial charge is 0.224 e. The number of nitrogen functional groups attached to an aromatic ring is 1. The van der Waals surface area contributed by atoms with Gasteiger partial charge in [0.15, 0.2) is 0 Å². The maximum atomic E-state index is 11.8. The first-order valence-corrected chi connectivity index (χ1v) is 7.28. The summed E-state index contributed by atoms with van der Waals surface area (Å²) >= 11 is 5.95. The van der Waals surface area contributed by atoms with E-state index < -0.39 is 0 Å². The zero-order valence-corrected chi connectivity index (χ0v) is 12.5. The molecule has 1 amide bonds. The van der Waals surface area contributed by atoms with E-state index in [0.29, 0.717) is 17.1 Å². The molecular weight excluding hydrogens is 260 g/mol. The zero-order valence-electron chi connectivity index (χ0n) is 11.8. The van der Waals surface area contributed by atoms with Gasteiger partial charge in [-0.1, -0.05) is 44.2 Å². The molecule has 1 aromatic carbocycles. The largest absolute Gasteiger partial charge is 0.398 e. The van der Waals surface area contributed by atoms with Crippen LogP contribution in [0.1, 0.15) is 51.0 Å². The van der Waals surface area contributed by atoms with Gasteiger partial charge in [0.2, 0.25) is 5.91 Å². The Morgan fingerprint density at radius 2 is 1.95 bits per heavy atom. The monoisotopic (exact) mass is 282 g/mol. The molecule has 0 aliphatic carbocycles. The van der Waals surface area contributed by atoms with Crippen LogP contribution in [0.25, 0.3) is 0 Å². The van der Waals surface area contributed by atoms with Crippen LogP contribution in [0.15, 0.2) is 12.1 Å². The molecule has 19 heavy (non-hydrogen) atoms. The van der Waals surface area contributed by atoms with Crippen molar-refractivity contribution < 1.29 is 4.79 Å². The molecule has 0 saturated heterocycles. The Morgan fingerprint density at radius 1 is 1.26 bits per heavy atom. The van der Waals surface area contributed by atoms with E-state index in [0.717, 1.165) is 24.1 Å². The molecule has 3 nitrogen and oxygen atoms in total. The first kappa shape index (κ1) is 15.8. The number of hydrogen-bond donors (Lipinski definition) is 2. The van der Waals surface area contributed by atoms with Gasteiger partial charge < -0.3 is 11.1 Å². The number of anilines is 2. The number of nitrogens with two attached hydrogens (primary N) is 1. The van der Waals surface area contributed by atoms with Crippen LogP contribution >= 0.6 is 11.6 Å². The van der Waals surface area contributed by atoms with Gasteiger partial charge in [-0.05, 0) is 31.0 Å². The highest BCUT2D eigenvalue weighted by Gasteiger charge is 2.07. The fraction of sp³-hybridized carbons (Fsp3) is 0.533. The molecule has 0 aliphatic rings. The van der Waals surface area contributed by atoms with E-state index in [2.05, 4.69) is 12.2 Å². The second-order valence-electron chi connectivity index (χ2n) is 4.90. The van der Waals surface area contributed by atoms with Gasteiger partial charge in [0, 0.05) is 12.1 Å². The van der Waals surface area contributed by atoms with Gasteiger partial charge in [0.25, 0.3) is 0 Å². The third-order valence-electron chi connectivity index (χ3n) is 3.13. The molecule has 0 spiro atoms. The molecule has 0 aliphatic heterocycles. The van der Waals surface area contributed by atoms with E-state index >= 15 is 0 Å². The number of rotatable bonds is 7. The summed E-state index contributed by atoms with van der Waals surface area (Å²) in [4.78, 5) is 11.8. The number of carbonyl (C=O) groups is 1. The topological polar surface area (TPSA) is 55.1 Å². The Morgan fingerprint density at radius 3 is 2.63 bits per heavy atom. The van der Waals surface area contributed by atoms with Crippen molar-refractivity contribution in [3.63, 3.8) is 0 Å². The Hall–Kier alpha value is -1.22. The first-order chi connectivity index (χ1) is 9.04. The van der Waals surface area contributed by atoms with Crippen LogP contribution in [-0.4, -0.2) is 5.91 Å². The first-order valence-electron chi connectivity index (χ1n) is 6.90. The third-order valence-corrected chi connectivity index (χ3v) is 3.45. The van der Waals surface area contributed by atoms with Crippen molar-refractivity contribution in [2.45, 2.75) is 52.4 Å². The standard InChI is InChI=1S/C15H23ClN2O/c1-3-4-5-6-7-8-15(19)18-14-10-12(16)13(17)9-11(14)2/h9-10H,3-8,17H2,1-2H3,(H,18,19). The second-order valence-corrected chi connectivity index (χ2v) is 5.31. The van der Waals surface area contributed by atoms with Gasteiger partial charge in [0.05, 0.1) is 10.7 Å². The van der Waals surface area contributed by atoms with E-state index in [1.165, 1.54) is 19.3 Å². The van der Waals surface area contributed by atoms with Crippen LogP contribution in [0.2, 0.25) is 5.02 Å². The molecule has 0 bridgehead atoms. The van der Waals surface area contributed by atoms with Crippen molar-refractivity contribution in [3.05, 3.63) is 22.7 Å². The number of unbranched alkanes of at least 4 members (excludes halogenated alkanes) is 4. The van der Waals surface area contributed by atoms with E-state index in [1.54, 1.807) is 12.1 Å². The fourth-order valence-electron chi connectivity index (χ4n) is 1.94. The van der Waals surface area contributed by atoms with Crippen LogP contribution in [0.5, 0.6) is 0 Å². The van der Waals surface area contributed by atoms with Gasteiger partial charge in [-0.15, -0.1) is 0 Å². The maximum absolute atomic E-state index is 11.8. The molecule has 0 saturated carbocycles. The Labute approximate surface area is 120 Å². The molecule has 0 fully saturated rings. The Kier molecular flexibility index (Phi) is 6.71. The number of halogens is 1. The molecule has 0 heterocycles. The van der Waals surface area contributed by atoms with Crippen LogP contribution in [0.4, 0.5) is 11.4 Å². The zero-order chi connectivity index (χ0) is 14.3. The average Bonchev–Trinajstić information content (AvgIpc) is 2.35. The molecule has 0 radical (unpaired) electrons. The van der Waals surface area contributed by atoms with Gasteiger partial charge >= 0.3 is 0 Å². The lowest BCUT2D eigenvalue weighted by molar-refractivity contribution is -0.116. The van der Waals surface area contributed by atoms with Crippen molar-refractivity contribution in [1.29, 1.82) is 0 Å². The number of nitrogens with one attached hydrogen (secondary N) is 1. The van der Waals surface area contributed by atoms with Crippen molar-refractivity contribution in [2.24, 2.45) is 0 Å². The van der Waals surface area contributed by atoms with E-state index in [-0.39, 0.29) is 5.91 Å². The summed E-state index contributed by atoms with van der Waals surface area (Å²) in [5, 5.41) is 3.37. The minimum atomic E-state index is 0.0421. The molecule has 0 atom stereocenters. The van der Waals surface area contributed by atoms with Gasteiger partial charge in [-0.25, -0.2) is 0 Å². The maximum Gasteiger partial charge on any atom is 0.224 e. The van der Waals surface area contributed by atoms with E-state index in [1.807, 2.05) is 6.92 Å². The summed E-state index contributed by atoms with van der Waals surface area (Å²) in [6.07, 6.45) is 6.28. The Bertz CT molecular complexity index is 432. The summed E-state index contributed by atoms with van der Waals surface area (Å²) in [5.74, 6) is 0.0421. The molecule has 0 unspecified atom stereocenters. The molecule has 3 N–H and O–H groups in total. The predicted molar refractivity (Wildman–Crippen MR) is 82.6 cm³/mol. The average molecular weight is 283 g/mol. The molecule has 1 aromatic rings. The van der Waals surface area contributed by atoms with Crippen LogP contribution in [-0.2, 0) is 4.79 Å². The van der Waals surface area contributed by atoms with Crippen molar-refractivity contribution in [1.82, 2.24) is 0 Å². The molecule has 1 rings (SSSR count). The minimum Gasteiger partial charge on any atom is -0.398 e. The highest BCUT2D eigenvalue weighted by Crippen LogP contribution is 2.26. The van der Waals surface area contributed by atoms with Gasteiger partial charge in [-0.3, -0.25) is 4.79 Å².